The lowest BCUT2D eigenvalue weighted by Crippen LogP contribution is -2.30. The molecule has 1 aliphatic carbocycles. The number of fused-ring (bicyclic) bond motifs is 1. The first-order valence-electron chi connectivity index (χ1n) is 17.3. The van der Waals surface area contributed by atoms with E-state index < -0.39 is 23.0 Å². The molecule has 2 atom stereocenters. The van der Waals surface area contributed by atoms with Gasteiger partial charge >= 0.3 is 5.97 Å². The predicted molar refractivity (Wildman–Crippen MR) is 209 cm³/mol. The first kappa shape index (κ1) is 38.4. The molecule has 5 rings (SSSR count). The molecule has 0 radical (unpaired) electrons. The van der Waals surface area contributed by atoms with Crippen LogP contribution < -0.4 is 20.7 Å². The summed E-state index contributed by atoms with van der Waals surface area (Å²) in [6.07, 6.45) is 4.19. The van der Waals surface area contributed by atoms with Crippen molar-refractivity contribution in [2.24, 2.45) is 11.3 Å². The van der Waals surface area contributed by atoms with Gasteiger partial charge in [-0.15, -0.1) is 23.1 Å². The zero-order chi connectivity index (χ0) is 37.4. The number of thiophene rings is 1. The van der Waals surface area contributed by atoms with E-state index >= 15 is 0 Å². The van der Waals surface area contributed by atoms with Gasteiger partial charge in [-0.2, -0.15) is 0 Å². The van der Waals surface area contributed by atoms with Crippen LogP contribution in [0.2, 0.25) is 0 Å². The van der Waals surface area contributed by atoms with Gasteiger partial charge in [0, 0.05) is 21.0 Å². The molecule has 0 fully saturated rings. The molecule has 4 aromatic rings. The summed E-state index contributed by atoms with van der Waals surface area (Å²) >= 11 is 2.80. The van der Waals surface area contributed by atoms with Crippen molar-refractivity contribution in [3.8, 4) is 5.75 Å². The lowest BCUT2D eigenvalue weighted by atomic mass is 9.72. The molecule has 2 unspecified atom stereocenters. The minimum atomic E-state index is -0.531. The number of hydrogen-bond acceptors (Lipinski definition) is 8. The summed E-state index contributed by atoms with van der Waals surface area (Å²) in [6.45, 7) is 10.6. The highest BCUT2D eigenvalue weighted by Crippen LogP contribution is 2.44. The third kappa shape index (κ3) is 9.71. The largest absolute Gasteiger partial charge is 0.497 e. The van der Waals surface area contributed by atoms with Crippen LogP contribution in [0.3, 0.4) is 0 Å². The minimum Gasteiger partial charge on any atom is -0.497 e. The Morgan fingerprint density at radius 1 is 0.981 bits per heavy atom. The molecule has 52 heavy (non-hydrogen) atoms. The van der Waals surface area contributed by atoms with Crippen LogP contribution in [0.5, 0.6) is 5.75 Å². The summed E-state index contributed by atoms with van der Waals surface area (Å²) < 4.78 is 10.7. The molecular formula is C41H45N3O6S2. The molecule has 1 aromatic heterocycles. The third-order valence-corrected chi connectivity index (χ3v) is 11.2. The van der Waals surface area contributed by atoms with E-state index in [2.05, 4.69) is 36.7 Å². The molecule has 3 amide bonds. The van der Waals surface area contributed by atoms with Crippen molar-refractivity contribution in [1.29, 1.82) is 0 Å². The number of esters is 1. The zero-order valence-corrected chi connectivity index (χ0v) is 32.0. The number of thioether (sulfide) groups is 1. The van der Waals surface area contributed by atoms with E-state index in [0.29, 0.717) is 39.0 Å². The molecular weight excluding hydrogens is 695 g/mol. The molecule has 1 aliphatic rings. The smallest absolute Gasteiger partial charge is 0.341 e. The Morgan fingerprint density at radius 2 is 1.73 bits per heavy atom. The zero-order valence-electron chi connectivity index (χ0n) is 30.3. The fourth-order valence-electron chi connectivity index (χ4n) is 5.99. The van der Waals surface area contributed by atoms with E-state index in [4.69, 9.17) is 9.47 Å². The Morgan fingerprint density at radius 3 is 2.44 bits per heavy atom. The third-order valence-electron chi connectivity index (χ3n) is 8.91. The average molecular weight is 740 g/mol. The molecule has 272 valence electrons. The summed E-state index contributed by atoms with van der Waals surface area (Å²) in [5.74, 6) is -0.525. The summed E-state index contributed by atoms with van der Waals surface area (Å²) in [5.41, 5.74) is 3.19. The molecule has 0 aliphatic heterocycles. The van der Waals surface area contributed by atoms with E-state index in [0.717, 1.165) is 34.6 Å². The number of carbonyl (C=O) groups excluding carboxylic acids is 4. The normalized spacial score (nSPS) is 14.8. The van der Waals surface area contributed by atoms with E-state index in [-0.39, 0.29) is 23.6 Å². The standard InChI is InChI=1S/C41H45N3O6S2/c1-7-50-40(48)35-32-20-19-28(41(3,4)5)23-34(32)52-39(35)44-36(45)25(2)51-31-18-12-16-29(24-31)42-38(47)33(22-26-13-11-17-30(21-26)49-6)43-37(46)27-14-9-8-10-15-27/h8-18,21-22,24-25,28H,7,19-20,23H2,1-6H3,(H,42,47)(H,43,46)(H,44,45)/b33-22-. The van der Waals surface area contributed by atoms with Gasteiger partial charge in [0.25, 0.3) is 11.8 Å². The molecule has 0 saturated carbocycles. The molecule has 0 bridgehead atoms. The number of anilines is 2. The molecule has 9 nitrogen and oxygen atoms in total. The highest BCUT2D eigenvalue weighted by atomic mass is 32.2. The molecule has 3 N–H and O–H groups in total. The van der Waals surface area contributed by atoms with Gasteiger partial charge in [-0.3, -0.25) is 14.4 Å². The second kappa shape index (κ2) is 17.1. The number of amides is 3. The van der Waals surface area contributed by atoms with Gasteiger partial charge in [0.05, 0.1) is 24.5 Å². The van der Waals surface area contributed by atoms with Gasteiger partial charge in [0.15, 0.2) is 0 Å². The summed E-state index contributed by atoms with van der Waals surface area (Å²) in [6, 6.07) is 22.9. The molecule has 1 heterocycles. The van der Waals surface area contributed by atoms with E-state index in [9.17, 15) is 19.2 Å². The van der Waals surface area contributed by atoms with Crippen LogP contribution >= 0.6 is 23.1 Å². The van der Waals surface area contributed by atoms with Crippen LogP contribution in [0.25, 0.3) is 6.08 Å². The van der Waals surface area contributed by atoms with Crippen molar-refractivity contribution in [2.75, 3.05) is 24.4 Å². The van der Waals surface area contributed by atoms with Crippen LogP contribution in [-0.4, -0.2) is 42.7 Å². The Hall–Kier alpha value is -4.87. The second-order valence-electron chi connectivity index (χ2n) is 13.6. The Labute approximate surface area is 313 Å². The monoisotopic (exact) mass is 739 g/mol. The fourth-order valence-corrected chi connectivity index (χ4v) is 8.23. The molecule has 11 heteroatoms. The van der Waals surface area contributed by atoms with Crippen molar-refractivity contribution >= 4 is 63.6 Å². The molecule has 3 aromatic carbocycles. The second-order valence-corrected chi connectivity index (χ2v) is 16.1. The Balaban J connectivity index is 1.31. The van der Waals surface area contributed by atoms with Crippen LogP contribution in [0.1, 0.15) is 77.8 Å². The SMILES string of the molecule is CCOC(=O)c1c(NC(=O)C(C)Sc2cccc(NC(=O)/C(=C/c3cccc(OC)c3)NC(=O)c3ccccc3)c2)sc2c1CCC(C(C)(C)C)C2. The van der Waals surface area contributed by atoms with Crippen LogP contribution in [0, 0.1) is 11.3 Å². The highest BCUT2D eigenvalue weighted by molar-refractivity contribution is 8.00. The lowest BCUT2D eigenvalue weighted by Gasteiger charge is -2.33. The number of nitrogens with one attached hydrogen (secondary N) is 3. The predicted octanol–water partition coefficient (Wildman–Crippen LogP) is 8.61. The van der Waals surface area contributed by atoms with E-state index in [1.54, 1.807) is 93.8 Å². The number of methoxy groups -OCH3 is 1. The number of hydrogen-bond donors (Lipinski definition) is 3. The highest BCUT2D eigenvalue weighted by Gasteiger charge is 2.35. The summed E-state index contributed by atoms with van der Waals surface area (Å²) in [7, 11) is 1.56. The molecule has 0 saturated heterocycles. The van der Waals surface area contributed by atoms with Crippen molar-refractivity contribution in [3.63, 3.8) is 0 Å². The van der Waals surface area contributed by atoms with Crippen molar-refractivity contribution in [1.82, 2.24) is 5.32 Å². The number of ether oxygens (including phenoxy) is 2. The van der Waals surface area contributed by atoms with Crippen LogP contribution in [0.4, 0.5) is 10.7 Å². The fraction of sp³-hybridized carbons (Fsp3) is 0.317. The first-order valence-corrected chi connectivity index (χ1v) is 19.0. The van der Waals surface area contributed by atoms with Crippen LogP contribution in [0.15, 0.2) is 89.5 Å². The maximum absolute atomic E-state index is 13.6. The maximum Gasteiger partial charge on any atom is 0.341 e. The quantitative estimate of drug-likeness (QED) is 0.0756. The first-order chi connectivity index (χ1) is 24.9. The van der Waals surface area contributed by atoms with Crippen LogP contribution in [-0.2, 0) is 27.2 Å². The topological polar surface area (TPSA) is 123 Å². The average Bonchev–Trinajstić information content (AvgIpc) is 3.48. The number of rotatable bonds is 12. The Kier molecular flexibility index (Phi) is 12.6. The number of carbonyl (C=O) groups is 4. The van der Waals surface area contributed by atoms with Gasteiger partial charge in [-0.25, -0.2) is 4.79 Å². The van der Waals surface area contributed by atoms with Crippen molar-refractivity contribution in [2.45, 2.75) is 64.0 Å². The number of benzene rings is 3. The van der Waals surface area contributed by atoms with Gasteiger partial charge < -0.3 is 25.4 Å². The van der Waals surface area contributed by atoms with E-state index in [1.165, 1.54) is 23.1 Å². The summed E-state index contributed by atoms with van der Waals surface area (Å²) in [5, 5.41) is 8.68. The minimum absolute atomic E-state index is 0.0396. The van der Waals surface area contributed by atoms with Gasteiger partial charge in [-0.05, 0) is 104 Å². The van der Waals surface area contributed by atoms with Gasteiger partial charge in [0.1, 0.15) is 16.4 Å². The lowest BCUT2D eigenvalue weighted by molar-refractivity contribution is -0.115. The molecule has 0 spiro atoms. The van der Waals surface area contributed by atoms with Gasteiger partial charge in [0.2, 0.25) is 5.91 Å². The van der Waals surface area contributed by atoms with Crippen molar-refractivity contribution in [3.05, 3.63) is 112 Å². The summed E-state index contributed by atoms with van der Waals surface area (Å²) in [4.78, 5) is 55.3. The van der Waals surface area contributed by atoms with Crippen molar-refractivity contribution < 1.29 is 28.7 Å². The Bertz CT molecular complexity index is 1960. The van der Waals surface area contributed by atoms with E-state index in [1.807, 2.05) is 12.1 Å². The van der Waals surface area contributed by atoms with Gasteiger partial charge in [-0.1, -0.05) is 57.2 Å². The maximum atomic E-state index is 13.6.